The second-order valence-corrected chi connectivity index (χ2v) is 6.63. The maximum atomic E-state index is 12.9. The molecule has 1 aromatic carbocycles. The van der Waals surface area contributed by atoms with Crippen LogP contribution in [0.4, 0.5) is 0 Å². The number of nitrogens with zero attached hydrogens (tertiary/aromatic N) is 1. The molecule has 134 valence electrons. The number of carbonyl (C=O) groups is 1. The molecule has 0 aliphatic carbocycles. The Morgan fingerprint density at radius 3 is 3.08 bits per heavy atom. The van der Waals surface area contributed by atoms with Crippen molar-refractivity contribution in [3.63, 3.8) is 0 Å². The van der Waals surface area contributed by atoms with E-state index in [2.05, 4.69) is 0 Å². The zero-order valence-corrected chi connectivity index (χ0v) is 14.6. The number of methoxy groups -OCH3 is 1. The minimum Gasteiger partial charge on any atom is -0.496 e. The molecule has 0 radical (unpaired) electrons. The van der Waals surface area contributed by atoms with Crippen molar-refractivity contribution in [3.8, 4) is 5.75 Å². The van der Waals surface area contributed by atoms with Gasteiger partial charge in [-0.15, -0.1) is 0 Å². The molecule has 6 heteroatoms. The van der Waals surface area contributed by atoms with Gasteiger partial charge in [-0.05, 0) is 25.5 Å². The summed E-state index contributed by atoms with van der Waals surface area (Å²) in [6.45, 7) is 4.43. The fourth-order valence-electron chi connectivity index (χ4n) is 3.89. The second kappa shape index (κ2) is 6.69. The molecule has 2 atom stereocenters. The fraction of sp³-hybridized carbons (Fsp3) is 0.526. The highest BCUT2D eigenvalue weighted by Crippen LogP contribution is 2.31. The summed E-state index contributed by atoms with van der Waals surface area (Å²) in [6, 6.07) is 4.00. The van der Waals surface area contributed by atoms with Crippen LogP contribution in [0, 0.1) is 6.92 Å². The molecule has 25 heavy (non-hydrogen) atoms. The van der Waals surface area contributed by atoms with Crippen LogP contribution in [-0.4, -0.2) is 56.4 Å². The Kier molecular flexibility index (Phi) is 4.39. The highest BCUT2D eigenvalue weighted by Gasteiger charge is 2.37. The molecule has 2 aliphatic heterocycles. The molecule has 2 saturated heterocycles. The van der Waals surface area contributed by atoms with Gasteiger partial charge >= 0.3 is 0 Å². The predicted molar refractivity (Wildman–Crippen MR) is 91.9 cm³/mol. The van der Waals surface area contributed by atoms with Crippen LogP contribution >= 0.6 is 0 Å². The molecule has 0 bridgehead atoms. The van der Waals surface area contributed by atoms with Crippen LogP contribution in [0.1, 0.15) is 17.5 Å². The predicted octanol–water partition coefficient (Wildman–Crippen LogP) is 2.31. The van der Waals surface area contributed by atoms with Crippen LogP contribution in [0.2, 0.25) is 0 Å². The molecular weight excluding hydrogens is 322 g/mol. The Bertz CT molecular complexity index is 781. The molecule has 3 heterocycles. The first kappa shape index (κ1) is 16.4. The number of hydrogen-bond donors (Lipinski definition) is 0. The van der Waals surface area contributed by atoms with Crippen LogP contribution in [-0.2, 0) is 20.7 Å². The number of carbonyl (C=O) groups excluding carboxylic acids is 1. The summed E-state index contributed by atoms with van der Waals surface area (Å²) >= 11 is 0. The maximum absolute atomic E-state index is 12.9. The van der Waals surface area contributed by atoms with Crippen molar-refractivity contribution >= 4 is 16.9 Å². The molecule has 2 fully saturated rings. The van der Waals surface area contributed by atoms with Crippen LogP contribution in [0.25, 0.3) is 11.0 Å². The largest absolute Gasteiger partial charge is 0.496 e. The van der Waals surface area contributed by atoms with E-state index in [1.165, 1.54) is 0 Å². The lowest BCUT2D eigenvalue weighted by atomic mass is 10.0. The standard InChI is InChI=1S/C19H23NO5/c1-12-16(22-2)4-3-14-13(10-25-19(12)14)9-18(21)20-6-8-24-17-11-23-7-5-15(17)20/h3-4,10,15,17H,5-9,11H2,1-2H3/t15-,17+/m0/s1. The van der Waals surface area contributed by atoms with E-state index >= 15 is 0 Å². The average molecular weight is 345 g/mol. The number of rotatable bonds is 3. The third kappa shape index (κ3) is 2.89. The molecule has 0 unspecified atom stereocenters. The quantitative estimate of drug-likeness (QED) is 0.854. The lowest BCUT2D eigenvalue weighted by molar-refractivity contribution is -0.161. The smallest absolute Gasteiger partial charge is 0.227 e. The third-order valence-corrected chi connectivity index (χ3v) is 5.24. The summed E-state index contributed by atoms with van der Waals surface area (Å²) in [7, 11) is 1.64. The zero-order chi connectivity index (χ0) is 17.4. The van der Waals surface area contributed by atoms with Crippen molar-refractivity contribution in [1.29, 1.82) is 0 Å². The van der Waals surface area contributed by atoms with Gasteiger partial charge in [0.15, 0.2) is 0 Å². The molecular formula is C19H23NO5. The SMILES string of the molecule is COc1ccc2c(CC(=O)N3CCO[C@@H]4COCC[C@@H]43)coc2c1C. The van der Waals surface area contributed by atoms with Crippen LogP contribution in [0.3, 0.4) is 0 Å². The van der Waals surface area contributed by atoms with Crippen LogP contribution in [0.5, 0.6) is 5.75 Å². The van der Waals surface area contributed by atoms with Crippen molar-refractivity contribution < 1.29 is 23.4 Å². The molecule has 4 rings (SSSR count). The summed E-state index contributed by atoms with van der Waals surface area (Å²) in [5.74, 6) is 0.911. The summed E-state index contributed by atoms with van der Waals surface area (Å²) in [4.78, 5) is 14.9. The molecule has 6 nitrogen and oxygen atoms in total. The first-order valence-corrected chi connectivity index (χ1v) is 8.71. The van der Waals surface area contributed by atoms with Gasteiger partial charge in [0, 0.05) is 29.7 Å². The summed E-state index contributed by atoms with van der Waals surface area (Å²) in [5, 5.41) is 0.975. The highest BCUT2D eigenvalue weighted by molar-refractivity contribution is 5.90. The van der Waals surface area contributed by atoms with Crippen molar-refractivity contribution in [2.24, 2.45) is 0 Å². The van der Waals surface area contributed by atoms with Gasteiger partial charge in [0.2, 0.25) is 5.91 Å². The van der Waals surface area contributed by atoms with E-state index in [9.17, 15) is 4.79 Å². The molecule has 2 aliphatic rings. The highest BCUT2D eigenvalue weighted by atomic mass is 16.5. The van der Waals surface area contributed by atoms with Gasteiger partial charge in [-0.2, -0.15) is 0 Å². The Morgan fingerprint density at radius 2 is 2.24 bits per heavy atom. The Hall–Kier alpha value is -2.05. The molecule has 0 N–H and O–H groups in total. The fourth-order valence-corrected chi connectivity index (χ4v) is 3.89. The number of fused-ring (bicyclic) bond motifs is 2. The number of furan rings is 1. The molecule has 1 aromatic heterocycles. The minimum atomic E-state index is -0.000880. The van der Waals surface area contributed by atoms with Gasteiger partial charge in [0.05, 0.1) is 39.0 Å². The van der Waals surface area contributed by atoms with Gasteiger partial charge < -0.3 is 23.5 Å². The summed E-state index contributed by atoms with van der Waals surface area (Å²) < 4.78 is 22.3. The lowest BCUT2D eigenvalue weighted by Crippen LogP contribution is -2.57. The maximum Gasteiger partial charge on any atom is 0.227 e. The van der Waals surface area contributed by atoms with E-state index in [-0.39, 0.29) is 18.1 Å². The first-order chi connectivity index (χ1) is 12.2. The van der Waals surface area contributed by atoms with E-state index in [0.29, 0.717) is 32.8 Å². The zero-order valence-electron chi connectivity index (χ0n) is 14.6. The van der Waals surface area contributed by atoms with Crippen LogP contribution in [0.15, 0.2) is 22.8 Å². The molecule has 0 saturated carbocycles. The van der Waals surface area contributed by atoms with E-state index in [1.807, 2.05) is 24.0 Å². The Labute approximate surface area is 146 Å². The summed E-state index contributed by atoms with van der Waals surface area (Å²) in [6.07, 6.45) is 2.86. The van der Waals surface area contributed by atoms with Crippen LogP contribution < -0.4 is 4.74 Å². The van der Waals surface area contributed by atoms with Gasteiger partial charge in [0.25, 0.3) is 0 Å². The van der Waals surface area contributed by atoms with Crippen molar-refractivity contribution in [1.82, 2.24) is 4.90 Å². The van der Waals surface area contributed by atoms with Crippen molar-refractivity contribution in [3.05, 3.63) is 29.5 Å². The Morgan fingerprint density at radius 1 is 1.36 bits per heavy atom. The average Bonchev–Trinajstić information content (AvgIpc) is 3.05. The Balaban J connectivity index is 1.56. The van der Waals surface area contributed by atoms with Gasteiger partial charge in [0.1, 0.15) is 17.4 Å². The summed E-state index contributed by atoms with van der Waals surface area (Å²) in [5.41, 5.74) is 2.66. The van der Waals surface area contributed by atoms with E-state index in [1.54, 1.807) is 13.4 Å². The van der Waals surface area contributed by atoms with Gasteiger partial charge in [-0.3, -0.25) is 4.79 Å². The second-order valence-electron chi connectivity index (χ2n) is 6.63. The monoisotopic (exact) mass is 345 g/mol. The van der Waals surface area contributed by atoms with Crippen molar-refractivity contribution in [2.45, 2.75) is 31.9 Å². The molecule has 2 aromatic rings. The lowest BCUT2D eigenvalue weighted by Gasteiger charge is -2.43. The normalized spacial score (nSPS) is 23.5. The van der Waals surface area contributed by atoms with Crippen molar-refractivity contribution in [2.75, 3.05) is 33.5 Å². The minimum absolute atomic E-state index is 0.000880. The molecule has 0 spiro atoms. The van der Waals surface area contributed by atoms with E-state index in [0.717, 1.165) is 34.3 Å². The molecule has 1 amide bonds. The third-order valence-electron chi connectivity index (χ3n) is 5.24. The topological polar surface area (TPSA) is 61.1 Å². The van der Waals surface area contributed by atoms with E-state index < -0.39 is 0 Å². The van der Waals surface area contributed by atoms with E-state index in [4.69, 9.17) is 18.6 Å². The van der Waals surface area contributed by atoms with Gasteiger partial charge in [-0.25, -0.2) is 0 Å². The van der Waals surface area contributed by atoms with Gasteiger partial charge in [-0.1, -0.05) is 0 Å². The number of benzene rings is 1. The number of ether oxygens (including phenoxy) is 3. The number of amides is 1. The number of hydrogen-bond acceptors (Lipinski definition) is 5. The number of aryl methyl sites for hydroxylation is 1. The number of morpholine rings is 1. The first-order valence-electron chi connectivity index (χ1n) is 8.71.